The molecule has 148 valence electrons. The molecule has 0 aliphatic rings. The summed E-state index contributed by atoms with van der Waals surface area (Å²) in [5.74, 6) is 2.01. The van der Waals surface area contributed by atoms with Crippen molar-refractivity contribution in [2.24, 2.45) is 0 Å². The van der Waals surface area contributed by atoms with Crippen molar-refractivity contribution in [3.63, 3.8) is 0 Å². The molecule has 2 aromatic heterocycles. The van der Waals surface area contributed by atoms with Gasteiger partial charge in [0.05, 0.1) is 18.2 Å². The molecule has 0 bridgehead atoms. The van der Waals surface area contributed by atoms with E-state index >= 15 is 0 Å². The highest BCUT2D eigenvalue weighted by molar-refractivity contribution is 9.10. The van der Waals surface area contributed by atoms with Crippen LogP contribution in [0.1, 0.15) is 18.9 Å². The Kier molecular flexibility index (Phi) is 5.64. The molecule has 0 amide bonds. The Balaban J connectivity index is 1.70. The number of fused-ring (bicyclic) bond motifs is 1. The number of ether oxygens (including phenoxy) is 2. The van der Waals surface area contributed by atoms with Crippen molar-refractivity contribution >= 4 is 38.3 Å². The van der Waals surface area contributed by atoms with Crippen LogP contribution < -0.4 is 19.6 Å². The van der Waals surface area contributed by atoms with Gasteiger partial charge in [0.1, 0.15) is 11.5 Å². The van der Waals surface area contributed by atoms with Gasteiger partial charge in [0, 0.05) is 15.6 Å². The van der Waals surface area contributed by atoms with Gasteiger partial charge in [0.2, 0.25) is 4.96 Å². The second-order valence-electron chi connectivity index (χ2n) is 6.30. The molecule has 0 N–H and O–H groups in total. The number of hydrogen-bond acceptors (Lipinski definition) is 6. The number of halogens is 1. The molecule has 6 nitrogen and oxygen atoms in total. The molecule has 2 aromatic carbocycles. The predicted octanol–water partition coefficient (Wildman–Crippen LogP) is 3.93. The third-order valence-corrected chi connectivity index (χ3v) is 5.70. The van der Waals surface area contributed by atoms with Crippen LogP contribution in [0.25, 0.3) is 22.4 Å². The highest BCUT2D eigenvalue weighted by Crippen LogP contribution is 2.24. The number of rotatable bonds is 6. The van der Waals surface area contributed by atoms with Crippen LogP contribution in [-0.4, -0.2) is 28.3 Å². The molecule has 4 rings (SSSR count). The number of aromatic nitrogens is 3. The van der Waals surface area contributed by atoms with E-state index in [2.05, 4.69) is 32.9 Å². The molecule has 0 fully saturated rings. The van der Waals surface area contributed by atoms with E-state index in [1.165, 1.54) is 15.9 Å². The smallest absolute Gasteiger partial charge is 0.291 e. The van der Waals surface area contributed by atoms with E-state index in [0.29, 0.717) is 27.7 Å². The second-order valence-corrected chi connectivity index (χ2v) is 8.23. The van der Waals surface area contributed by atoms with Crippen molar-refractivity contribution in [3.05, 3.63) is 67.4 Å². The molecule has 8 heteroatoms. The van der Waals surface area contributed by atoms with E-state index in [1.807, 2.05) is 42.5 Å². The lowest BCUT2D eigenvalue weighted by molar-refractivity contribution is 0.317. The number of nitrogens with zero attached hydrogens (tertiary/aromatic N) is 3. The first-order valence-electron chi connectivity index (χ1n) is 9.07. The average molecular weight is 472 g/mol. The zero-order chi connectivity index (χ0) is 20.4. The fraction of sp³-hybridized carbons (Fsp3) is 0.190. The fourth-order valence-electron chi connectivity index (χ4n) is 2.84. The van der Waals surface area contributed by atoms with E-state index in [9.17, 15) is 4.79 Å². The first-order valence-corrected chi connectivity index (χ1v) is 10.7. The van der Waals surface area contributed by atoms with Gasteiger partial charge in [-0.25, -0.2) is 0 Å². The summed E-state index contributed by atoms with van der Waals surface area (Å²) in [7, 11) is 1.60. The summed E-state index contributed by atoms with van der Waals surface area (Å²) in [5.41, 5.74) is 1.45. The maximum Gasteiger partial charge on any atom is 0.291 e. The summed E-state index contributed by atoms with van der Waals surface area (Å²) >= 11 is 4.75. The van der Waals surface area contributed by atoms with Crippen LogP contribution in [0.5, 0.6) is 11.5 Å². The largest absolute Gasteiger partial charge is 0.496 e. The highest BCUT2D eigenvalue weighted by Gasteiger charge is 2.13. The number of methoxy groups -OCH3 is 1. The Hall–Kier alpha value is -2.71. The van der Waals surface area contributed by atoms with Crippen LogP contribution in [0, 0.1) is 0 Å². The number of benzene rings is 2. The monoisotopic (exact) mass is 471 g/mol. The minimum Gasteiger partial charge on any atom is -0.496 e. The molecule has 0 atom stereocenters. The predicted molar refractivity (Wildman–Crippen MR) is 118 cm³/mol. The van der Waals surface area contributed by atoms with Gasteiger partial charge in [-0.15, -0.1) is 5.10 Å². The van der Waals surface area contributed by atoms with Crippen LogP contribution in [0.4, 0.5) is 0 Å². The molecule has 0 saturated carbocycles. The fourth-order valence-corrected chi connectivity index (χ4v) is 4.11. The molecule has 0 unspecified atom stereocenters. The molecule has 0 aliphatic carbocycles. The number of thiazole rings is 1. The van der Waals surface area contributed by atoms with Gasteiger partial charge in [-0.2, -0.15) is 9.50 Å². The summed E-state index contributed by atoms with van der Waals surface area (Å²) in [6.45, 7) is 2.74. The van der Waals surface area contributed by atoms with Gasteiger partial charge in [0.15, 0.2) is 5.82 Å². The summed E-state index contributed by atoms with van der Waals surface area (Å²) < 4.78 is 13.8. The van der Waals surface area contributed by atoms with Gasteiger partial charge >= 0.3 is 0 Å². The quantitative estimate of drug-likeness (QED) is 0.426. The third kappa shape index (κ3) is 4.04. The molecule has 0 spiro atoms. The van der Waals surface area contributed by atoms with E-state index < -0.39 is 0 Å². The van der Waals surface area contributed by atoms with Crippen molar-refractivity contribution in [2.75, 3.05) is 13.7 Å². The van der Waals surface area contributed by atoms with Gasteiger partial charge < -0.3 is 9.47 Å². The first-order chi connectivity index (χ1) is 14.1. The van der Waals surface area contributed by atoms with Crippen LogP contribution in [-0.2, 0) is 0 Å². The minimum atomic E-state index is -0.200. The van der Waals surface area contributed by atoms with E-state index in [-0.39, 0.29) is 5.56 Å². The molecule has 0 saturated heterocycles. The Morgan fingerprint density at radius 1 is 1.21 bits per heavy atom. The molecule has 29 heavy (non-hydrogen) atoms. The average Bonchev–Trinajstić information content (AvgIpc) is 3.27. The van der Waals surface area contributed by atoms with Gasteiger partial charge in [-0.1, -0.05) is 34.2 Å². The minimum absolute atomic E-state index is 0.200. The van der Waals surface area contributed by atoms with Crippen molar-refractivity contribution < 1.29 is 9.47 Å². The normalized spacial score (nSPS) is 11.9. The zero-order valence-electron chi connectivity index (χ0n) is 15.9. The molecular weight excluding hydrogens is 454 g/mol. The third-order valence-electron chi connectivity index (χ3n) is 4.25. The lowest BCUT2D eigenvalue weighted by Gasteiger charge is -2.04. The first kappa shape index (κ1) is 19.6. The molecule has 4 aromatic rings. The molecule has 0 aliphatic heterocycles. The van der Waals surface area contributed by atoms with Crippen molar-refractivity contribution in [3.8, 4) is 22.9 Å². The maximum absolute atomic E-state index is 12.8. The Morgan fingerprint density at radius 2 is 2.00 bits per heavy atom. The second kappa shape index (κ2) is 8.34. The van der Waals surface area contributed by atoms with Crippen LogP contribution in [0.15, 0.2) is 51.7 Å². The Labute approximate surface area is 179 Å². The van der Waals surface area contributed by atoms with Crippen molar-refractivity contribution in [2.45, 2.75) is 13.3 Å². The molecular formula is C21H18BrN3O3S. The number of hydrogen-bond donors (Lipinski definition) is 0. The summed E-state index contributed by atoms with van der Waals surface area (Å²) in [5, 5.41) is 4.40. The van der Waals surface area contributed by atoms with E-state index in [1.54, 1.807) is 13.2 Å². The standard InChI is InChI=1S/C21H18BrN3O3S/c1-3-10-28-16-7-4-13(5-8-16)19-23-21-25(24-19)20(26)18(29-21)12-14-11-15(22)6-9-17(14)27-2/h4-9,11-12H,3,10H2,1-2H3. The van der Waals surface area contributed by atoms with Crippen molar-refractivity contribution in [1.82, 2.24) is 14.6 Å². The van der Waals surface area contributed by atoms with Gasteiger partial charge in [0.25, 0.3) is 5.56 Å². The Bertz CT molecular complexity index is 1270. The SMILES string of the molecule is CCCOc1ccc(-c2nc3sc(=Cc4cc(Br)ccc4OC)c(=O)n3n2)cc1. The topological polar surface area (TPSA) is 65.7 Å². The zero-order valence-corrected chi connectivity index (χ0v) is 18.3. The lowest BCUT2D eigenvalue weighted by Crippen LogP contribution is -2.23. The Morgan fingerprint density at radius 3 is 2.69 bits per heavy atom. The summed E-state index contributed by atoms with van der Waals surface area (Å²) in [6.07, 6.45) is 2.75. The van der Waals surface area contributed by atoms with Crippen molar-refractivity contribution in [1.29, 1.82) is 0 Å². The van der Waals surface area contributed by atoms with E-state index in [0.717, 1.165) is 27.8 Å². The summed E-state index contributed by atoms with van der Waals surface area (Å²) in [6, 6.07) is 13.2. The highest BCUT2D eigenvalue weighted by atomic mass is 79.9. The lowest BCUT2D eigenvalue weighted by atomic mass is 10.2. The van der Waals surface area contributed by atoms with Crippen LogP contribution in [0.2, 0.25) is 0 Å². The van der Waals surface area contributed by atoms with Crippen LogP contribution >= 0.6 is 27.3 Å². The summed E-state index contributed by atoms with van der Waals surface area (Å²) in [4.78, 5) is 17.9. The van der Waals surface area contributed by atoms with Gasteiger partial charge in [-0.3, -0.25) is 4.79 Å². The molecule has 0 radical (unpaired) electrons. The van der Waals surface area contributed by atoms with E-state index in [4.69, 9.17) is 9.47 Å². The van der Waals surface area contributed by atoms with Crippen LogP contribution in [0.3, 0.4) is 0 Å². The molecule has 2 heterocycles. The maximum atomic E-state index is 12.8. The van der Waals surface area contributed by atoms with Gasteiger partial charge in [-0.05, 0) is 55.0 Å².